The molecule has 0 unspecified atom stereocenters. The summed E-state index contributed by atoms with van der Waals surface area (Å²) in [5.41, 5.74) is 0. The van der Waals surface area contributed by atoms with Gasteiger partial charge in [-0.15, -0.1) is 10.2 Å². The van der Waals surface area contributed by atoms with Crippen molar-refractivity contribution >= 4 is 21.7 Å². The minimum absolute atomic E-state index is 0.222. The Morgan fingerprint density at radius 1 is 1.58 bits per heavy atom. The molecule has 0 fully saturated rings. The van der Waals surface area contributed by atoms with Gasteiger partial charge < -0.3 is 4.90 Å². The average Bonchev–Trinajstić information content (AvgIpc) is 2.36. The fraction of sp³-hybridized carbons (Fsp3) is 0.500. The van der Waals surface area contributed by atoms with Gasteiger partial charge in [-0.2, -0.15) is 0 Å². The summed E-state index contributed by atoms with van der Waals surface area (Å²) in [5, 5.41) is 6.71. The molecule has 4 heteroatoms. The zero-order chi connectivity index (χ0) is 19.3. The Labute approximate surface area is 97.8 Å². The van der Waals surface area contributed by atoms with Crippen LogP contribution in [0.25, 0.3) is 0 Å². The summed E-state index contributed by atoms with van der Waals surface area (Å²) in [6.45, 7) is -14.0. The van der Waals surface area contributed by atoms with Gasteiger partial charge in [0, 0.05) is 26.7 Å². The maximum atomic E-state index is 7.77. The number of halogens is 1. The van der Waals surface area contributed by atoms with Crippen molar-refractivity contribution in [1.82, 2.24) is 10.2 Å². The number of aromatic nitrogens is 2. The van der Waals surface area contributed by atoms with E-state index in [-0.39, 0.29) is 9.50 Å². The SMILES string of the molecule is [2H]c1c(Br)nnc(N(C([2H])([2H])C([2H])([2H])[2H])C([2H])([2H])C([2H])([2H])[2H])c1[2H]. The molecular formula is C8H12BrN3. The van der Waals surface area contributed by atoms with Crippen LogP contribution in [0, 0.1) is 0 Å². The lowest BCUT2D eigenvalue weighted by atomic mass is 10.4. The Morgan fingerprint density at radius 3 is 3.00 bits per heavy atom. The molecule has 0 spiro atoms. The lowest BCUT2D eigenvalue weighted by Crippen LogP contribution is -2.23. The first-order valence-electron chi connectivity index (χ1n) is 8.76. The van der Waals surface area contributed by atoms with E-state index in [0.717, 1.165) is 0 Å². The zero-order valence-corrected chi connectivity index (χ0v) is 7.31. The normalized spacial score (nSPS) is 29.1. The predicted molar refractivity (Wildman–Crippen MR) is 53.3 cm³/mol. The van der Waals surface area contributed by atoms with Crippen LogP contribution in [0.3, 0.4) is 0 Å². The highest BCUT2D eigenvalue weighted by Crippen LogP contribution is 2.11. The van der Waals surface area contributed by atoms with E-state index in [4.69, 9.17) is 16.4 Å². The second-order valence-electron chi connectivity index (χ2n) is 1.62. The molecule has 0 saturated heterocycles. The molecule has 0 aliphatic carbocycles. The monoisotopic (exact) mass is 241 g/mol. The molecule has 0 atom stereocenters. The van der Waals surface area contributed by atoms with Gasteiger partial charge in [-0.3, -0.25) is 0 Å². The van der Waals surface area contributed by atoms with Gasteiger partial charge in [0.15, 0.2) is 5.82 Å². The van der Waals surface area contributed by atoms with E-state index >= 15 is 0 Å². The largest absolute Gasteiger partial charge is 0.356 e. The van der Waals surface area contributed by atoms with Crippen LogP contribution in [-0.2, 0) is 0 Å². The first-order valence-corrected chi connectivity index (χ1v) is 3.55. The van der Waals surface area contributed by atoms with E-state index in [0.29, 0.717) is 0 Å². The third-order valence-electron chi connectivity index (χ3n) is 0.945. The summed E-state index contributed by atoms with van der Waals surface area (Å²) < 4.78 is 89.7. The van der Waals surface area contributed by atoms with Crippen molar-refractivity contribution in [2.45, 2.75) is 13.7 Å². The number of anilines is 1. The first kappa shape index (κ1) is 2.23. The van der Waals surface area contributed by atoms with Crippen molar-refractivity contribution in [2.24, 2.45) is 0 Å². The molecule has 0 aliphatic heterocycles. The topological polar surface area (TPSA) is 29.0 Å². The Morgan fingerprint density at radius 2 is 2.33 bits per heavy atom. The van der Waals surface area contributed by atoms with Crippen LogP contribution in [0.5, 0.6) is 0 Å². The number of hydrogen-bond acceptors (Lipinski definition) is 3. The van der Waals surface area contributed by atoms with Crippen LogP contribution in [0.1, 0.15) is 30.2 Å². The van der Waals surface area contributed by atoms with Gasteiger partial charge in [-0.1, -0.05) is 0 Å². The summed E-state index contributed by atoms with van der Waals surface area (Å²) in [6, 6.07) is -1.51. The zero-order valence-electron chi connectivity index (χ0n) is 17.7. The summed E-state index contributed by atoms with van der Waals surface area (Å²) >= 11 is 2.80. The standard InChI is InChI=1S/C8H12BrN3/c1-3-12(4-2)8-6-5-7(9)10-11-8/h5-6H,3-4H2,1-2H3/i1D3,2D3,3D2,4D2,5D,6D. The fourth-order valence-corrected chi connectivity index (χ4v) is 0.662. The fourth-order valence-electron chi connectivity index (χ4n) is 0.483. The van der Waals surface area contributed by atoms with Crippen LogP contribution >= 0.6 is 15.9 Å². The van der Waals surface area contributed by atoms with Crippen LogP contribution < -0.4 is 4.90 Å². The molecule has 0 bridgehead atoms. The minimum Gasteiger partial charge on any atom is -0.356 e. The third-order valence-corrected chi connectivity index (χ3v) is 1.30. The van der Waals surface area contributed by atoms with E-state index in [1.54, 1.807) is 0 Å². The van der Waals surface area contributed by atoms with Gasteiger partial charge >= 0.3 is 0 Å². The molecule has 1 rings (SSSR count). The Balaban J connectivity index is 3.80. The Bertz CT molecular complexity index is 598. The summed E-state index contributed by atoms with van der Waals surface area (Å²) in [6.07, 6.45) is 0. The lowest BCUT2D eigenvalue weighted by Gasteiger charge is -2.18. The third kappa shape index (κ3) is 2.17. The summed E-state index contributed by atoms with van der Waals surface area (Å²) in [7, 11) is 0. The molecule has 66 valence electrons. The maximum Gasteiger partial charge on any atom is 0.151 e. The van der Waals surface area contributed by atoms with Crippen LogP contribution in [0.4, 0.5) is 5.82 Å². The van der Waals surface area contributed by atoms with Gasteiger partial charge in [0.05, 0.1) is 2.74 Å². The van der Waals surface area contributed by atoms with Gasteiger partial charge in [0.25, 0.3) is 0 Å². The number of hydrogen-bond donors (Lipinski definition) is 0. The van der Waals surface area contributed by atoms with E-state index in [1.165, 1.54) is 0 Å². The molecular weight excluding hydrogens is 218 g/mol. The second kappa shape index (κ2) is 4.40. The highest BCUT2D eigenvalue weighted by Gasteiger charge is 2.02. The Kier molecular flexibility index (Phi) is 0.820. The average molecular weight is 242 g/mol. The predicted octanol–water partition coefficient (Wildman–Crippen LogP) is 2.09. The van der Waals surface area contributed by atoms with E-state index in [9.17, 15) is 0 Å². The molecule has 0 aliphatic rings. The van der Waals surface area contributed by atoms with Gasteiger partial charge in [-0.25, -0.2) is 0 Å². The first-order chi connectivity index (χ1) is 10.5. The van der Waals surface area contributed by atoms with Gasteiger partial charge in [0.2, 0.25) is 0 Å². The lowest BCUT2D eigenvalue weighted by molar-refractivity contribution is 0.821. The quantitative estimate of drug-likeness (QED) is 0.812. The highest BCUT2D eigenvalue weighted by atomic mass is 79.9. The van der Waals surface area contributed by atoms with E-state index < -0.39 is 44.6 Å². The molecule has 1 aromatic heterocycles. The molecule has 0 aromatic carbocycles. The molecule has 0 amide bonds. The van der Waals surface area contributed by atoms with Crippen molar-refractivity contribution < 1.29 is 16.4 Å². The van der Waals surface area contributed by atoms with Crippen molar-refractivity contribution in [3.05, 3.63) is 16.7 Å². The molecule has 1 aromatic rings. The van der Waals surface area contributed by atoms with Crippen LogP contribution in [-0.4, -0.2) is 23.2 Å². The molecule has 1 heterocycles. The van der Waals surface area contributed by atoms with Crippen molar-refractivity contribution in [3.63, 3.8) is 0 Å². The van der Waals surface area contributed by atoms with Gasteiger partial charge in [0.1, 0.15) is 4.60 Å². The van der Waals surface area contributed by atoms with E-state index in [1.807, 2.05) is 0 Å². The maximum absolute atomic E-state index is 7.77. The molecule has 0 saturated carbocycles. The summed E-state index contributed by atoms with van der Waals surface area (Å²) in [4.78, 5) is -0.264. The van der Waals surface area contributed by atoms with Crippen molar-refractivity contribution in [3.8, 4) is 0 Å². The second-order valence-corrected chi connectivity index (χ2v) is 2.37. The molecule has 12 heavy (non-hydrogen) atoms. The minimum atomic E-state index is -3.55. The van der Waals surface area contributed by atoms with Crippen LogP contribution in [0.15, 0.2) is 16.7 Å². The smallest absolute Gasteiger partial charge is 0.151 e. The highest BCUT2D eigenvalue weighted by molar-refractivity contribution is 9.10. The van der Waals surface area contributed by atoms with Gasteiger partial charge in [-0.05, 0) is 41.7 Å². The van der Waals surface area contributed by atoms with Crippen LogP contribution in [0.2, 0.25) is 0 Å². The molecule has 3 nitrogen and oxygen atoms in total. The van der Waals surface area contributed by atoms with E-state index in [2.05, 4.69) is 26.1 Å². The molecule has 0 N–H and O–H groups in total. The summed E-state index contributed by atoms with van der Waals surface area (Å²) in [5.74, 6) is -1.01. The van der Waals surface area contributed by atoms with Crippen molar-refractivity contribution in [1.29, 1.82) is 0 Å². The molecule has 0 radical (unpaired) electrons. The number of rotatable bonds is 3. The number of nitrogens with zero attached hydrogens (tertiary/aromatic N) is 3. The van der Waals surface area contributed by atoms with Crippen molar-refractivity contribution in [2.75, 3.05) is 17.9 Å². The Hall–Kier alpha value is -0.640.